The molecule has 0 spiro atoms. The van der Waals surface area contributed by atoms with Gasteiger partial charge >= 0.3 is 0 Å². The molecule has 1 aromatic carbocycles. The van der Waals surface area contributed by atoms with Crippen LogP contribution in [0.1, 0.15) is 50.6 Å². The van der Waals surface area contributed by atoms with Gasteiger partial charge in [0.1, 0.15) is 0 Å². The zero-order valence-corrected chi connectivity index (χ0v) is 16.0. The molecule has 24 heavy (non-hydrogen) atoms. The van der Waals surface area contributed by atoms with E-state index in [1.807, 2.05) is 36.2 Å². The molecule has 134 valence electrons. The highest BCUT2D eigenvalue weighted by atomic mass is 35.5. The molecule has 0 aromatic heterocycles. The molecule has 2 fully saturated rings. The first kappa shape index (κ1) is 19.6. The first-order valence-corrected chi connectivity index (χ1v) is 9.13. The SMILES string of the molecule is CC(c1ccccc1Cl)N(C)C(=O)C1CC2CCCC(C1)C2N.Cl. The molecule has 2 aliphatic carbocycles. The van der Waals surface area contributed by atoms with E-state index in [0.29, 0.717) is 17.9 Å². The van der Waals surface area contributed by atoms with Crippen molar-refractivity contribution in [3.63, 3.8) is 0 Å². The summed E-state index contributed by atoms with van der Waals surface area (Å²) >= 11 is 6.30. The highest BCUT2D eigenvalue weighted by Crippen LogP contribution is 2.43. The summed E-state index contributed by atoms with van der Waals surface area (Å²) in [6, 6.07) is 8.08. The number of carbonyl (C=O) groups is 1. The van der Waals surface area contributed by atoms with E-state index in [-0.39, 0.29) is 30.3 Å². The van der Waals surface area contributed by atoms with Crippen LogP contribution in [0.3, 0.4) is 0 Å². The molecule has 2 bridgehead atoms. The molecule has 0 aliphatic heterocycles. The molecule has 5 heteroatoms. The molecule has 1 amide bonds. The lowest BCUT2D eigenvalue weighted by molar-refractivity contribution is -0.139. The second-order valence-corrected chi connectivity index (χ2v) is 7.75. The van der Waals surface area contributed by atoms with Crippen molar-refractivity contribution in [1.82, 2.24) is 4.90 Å². The third kappa shape index (κ3) is 3.74. The molecule has 3 rings (SSSR count). The summed E-state index contributed by atoms with van der Waals surface area (Å²) in [5.41, 5.74) is 7.36. The van der Waals surface area contributed by atoms with Gasteiger partial charge in [-0.15, -0.1) is 12.4 Å². The van der Waals surface area contributed by atoms with Gasteiger partial charge in [0.15, 0.2) is 0 Å². The largest absolute Gasteiger partial charge is 0.339 e. The van der Waals surface area contributed by atoms with E-state index in [9.17, 15) is 4.79 Å². The van der Waals surface area contributed by atoms with Gasteiger partial charge in [-0.2, -0.15) is 0 Å². The van der Waals surface area contributed by atoms with Crippen molar-refractivity contribution in [2.24, 2.45) is 23.5 Å². The number of rotatable bonds is 3. The van der Waals surface area contributed by atoms with Crippen LogP contribution in [0.2, 0.25) is 5.02 Å². The second kappa shape index (κ2) is 8.07. The third-order valence-electron chi connectivity index (χ3n) is 6.05. The molecule has 2 N–H and O–H groups in total. The van der Waals surface area contributed by atoms with Crippen molar-refractivity contribution >= 4 is 29.9 Å². The third-order valence-corrected chi connectivity index (χ3v) is 6.39. The van der Waals surface area contributed by atoms with Crippen LogP contribution in [0.15, 0.2) is 24.3 Å². The number of nitrogens with zero attached hydrogens (tertiary/aromatic N) is 1. The maximum absolute atomic E-state index is 13.0. The molecule has 0 heterocycles. The normalized spacial score (nSPS) is 30.2. The van der Waals surface area contributed by atoms with Gasteiger partial charge in [-0.25, -0.2) is 0 Å². The van der Waals surface area contributed by atoms with Gasteiger partial charge < -0.3 is 10.6 Å². The quantitative estimate of drug-likeness (QED) is 0.854. The Morgan fingerprint density at radius 1 is 1.25 bits per heavy atom. The number of halogens is 2. The molecule has 0 radical (unpaired) electrons. The molecule has 3 unspecified atom stereocenters. The summed E-state index contributed by atoms with van der Waals surface area (Å²) in [5.74, 6) is 1.43. The van der Waals surface area contributed by atoms with Gasteiger partial charge in [-0.05, 0) is 56.1 Å². The maximum Gasteiger partial charge on any atom is 0.225 e. The minimum absolute atomic E-state index is 0. The van der Waals surface area contributed by atoms with Crippen LogP contribution in [0.4, 0.5) is 0 Å². The zero-order valence-electron chi connectivity index (χ0n) is 14.5. The molecule has 1 aromatic rings. The number of hydrogen-bond acceptors (Lipinski definition) is 2. The lowest BCUT2D eigenvalue weighted by atomic mass is 9.65. The first-order chi connectivity index (χ1) is 11.0. The average Bonchev–Trinajstić information content (AvgIpc) is 2.53. The van der Waals surface area contributed by atoms with Crippen molar-refractivity contribution in [3.05, 3.63) is 34.9 Å². The Morgan fingerprint density at radius 2 is 1.83 bits per heavy atom. The van der Waals surface area contributed by atoms with Crippen LogP contribution < -0.4 is 5.73 Å². The molecule has 3 atom stereocenters. The van der Waals surface area contributed by atoms with E-state index >= 15 is 0 Å². The van der Waals surface area contributed by atoms with Crippen LogP contribution in [0.25, 0.3) is 0 Å². The Balaban J connectivity index is 0.00000208. The van der Waals surface area contributed by atoms with Crippen LogP contribution >= 0.6 is 24.0 Å². The second-order valence-electron chi connectivity index (χ2n) is 7.34. The Hall–Kier alpha value is -0.770. The van der Waals surface area contributed by atoms with E-state index in [2.05, 4.69) is 6.92 Å². The average molecular weight is 371 g/mol. The van der Waals surface area contributed by atoms with Gasteiger partial charge in [0.2, 0.25) is 5.91 Å². The van der Waals surface area contributed by atoms with E-state index in [4.69, 9.17) is 17.3 Å². The smallest absolute Gasteiger partial charge is 0.225 e. The summed E-state index contributed by atoms with van der Waals surface area (Å²) in [5, 5.41) is 0.724. The van der Waals surface area contributed by atoms with E-state index in [1.54, 1.807) is 0 Å². The summed E-state index contributed by atoms with van der Waals surface area (Å²) in [6.07, 6.45) is 5.55. The molecule has 3 nitrogen and oxygen atoms in total. The minimum Gasteiger partial charge on any atom is -0.339 e. The number of carbonyl (C=O) groups excluding carboxylic acids is 1. The highest BCUT2D eigenvalue weighted by molar-refractivity contribution is 6.31. The van der Waals surface area contributed by atoms with Gasteiger partial charge in [-0.3, -0.25) is 4.79 Å². The standard InChI is InChI=1S/C19H27ClN2O.ClH/c1-12(16-8-3-4-9-17(16)20)22(2)19(23)15-10-13-6-5-7-14(11-15)18(13)21;/h3-4,8-9,12-15,18H,5-7,10-11,21H2,1-2H3;1H. The summed E-state index contributed by atoms with van der Waals surface area (Å²) in [4.78, 5) is 14.9. The van der Waals surface area contributed by atoms with E-state index in [1.165, 1.54) is 19.3 Å². The monoisotopic (exact) mass is 370 g/mol. The number of fused-ring (bicyclic) bond motifs is 2. The number of amides is 1. The topological polar surface area (TPSA) is 46.3 Å². The van der Waals surface area contributed by atoms with Gasteiger partial charge in [0, 0.05) is 24.0 Å². The van der Waals surface area contributed by atoms with Gasteiger partial charge in [-0.1, -0.05) is 36.2 Å². The minimum atomic E-state index is -0.00774. The summed E-state index contributed by atoms with van der Waals surface area (Å²) < 4.78 is 0. The highest BCUT2D eigenvalue weighted by Gasteiger charge is 2.41. The predicted octanol–water partition coefficient (Wildman–Crippen LogP) is 4.43. The Morgan fingerprint density at radius 3 is 2.42 bits per heavy atom. The van der Waals surface area contributed by atoms with Crippen LogP contribution in [-0.4, -0.2) is 23.9 Å². The molecule has 0 saturated heterocycles. The molecule has 2 aliphatic rings. The fourth-order valence-corrected chi connectivity index (χ4v) is 4.79. The van der Waals surface area contributed by atoms with Crippen molar-refractivity contribution in [2.45, 2.75) is 51.1 Å². The summed E-state index contributed by atoms with van der Waals surface area (Å²) in [6.45, 7) is 2.05. The van der Waals surface area contributed by atoms with Crippen LogP contribution in [-0.2, 0) is 4.79 Å². The first-order valence-electron chi connectivity index (χ1n) is 8.75. The number of hydrogen-bond donors (Lipinski definition) is 1. The van der Waals surface area contributed by atoms with Crippen molar-refractivity contribution in [2.75, 3.05) is 7.05 Å². The zero-order chi connectivity index (χ0) is 16.6. The number of benzene rings is 1. The molecular formula is C19H28Cl2N2O. The van der Waals surface area contributed by atoms with Gasteiger partial charge in [0.25, 0.3) is 0 Å². The maximum atomic E-state index is 13.0. The van der Waals surface area contributed by atoms with E-state index < -0.39 is 0 Å². The summed E-state index contributed by atoms with van der Waals surface area (Å²) in [7, 11) is 1.90. The predicted molar refractivity (Wildman–Crippen MR) is 101 cm³/mol. The van der Waals surface area contributed by atoms with Crippen molar-refractivity contribution in [3.8, 4) is 0 Å². The fraction of sp³-hybridized carbons (Fsp3) is 0.632. The lowest BCUT2D eigenvalue weighted by Gasteiger charge is -2.44. The van der Waals surface area contributed by atoms with Crippen LogP contribution in [0, 0.1) is 17.8 Å². The molecular weight excluding hydrogens is 343 g/mol. The molecule has 2 saturated carbocycles. The van der Waals surface area contributed by atoms with E-state index in [0.717, 1.165) is 23.4 Å². The number of nitrogens with two attached hydrogens (primary N) is 1. The van der Waals surface area contributed by atoms with Crippen molar-refractivity contribution in [1.29, 1.82) is 0 Å². The lowest BCUT2D eigenvalue weighted by Crippen LogP contribution is -2.49. The Bertz CT molecular complexity index is 566. The van der Waals surface area contributed by atoms with Gasteiger partial charge in [0.05, 0.1) is 6.04 Å². The Kier molecular flexibility index (Phi) is 6.58. The Labute approximate surface area is 156 Å². The fourth-order valence-electron chi connectivity index (χ4n) is 4.49. The van der Waals surface area contributed by atoms with Crippen molar-refractivity contribution < 1.29 is 4.79 Å². The van der Waals surface area contributed by atoms with Crippen LogP contribution in [0.5, 0.6) is 0 Å².